The highest BCUT2D eigenvalue weighted by molar-refractivity contribution is 7.99. The molecule has 1 aromatic carbocycles. The van der Waals surface area contributed by atoms with Gasteiger partial charge in [0.2, 0.25) is 5.91 Å². The summed E-state index contributed by atoms with van der Waals surface area (Å²) in [6.45, 7) is 0. The summed E-state index contributed by atoms with van der Waals surface area (Å²) in [5, 5.41) is 2.27. The standard InChI is InChI=1S/C9H8FNOS/c1-13-8-5-3-2-4-6(10)7(5)11-9(8)12/h2-4,8H,1H3,(H,11,12). The maximum Gasteiger partial charge on any atom is 0.242 e. The van der Waals surface area contributed by atoms with Crippen molar-refractivity contribution in [3.05, 3.63) is 29.6 Å². The van der Waals surface area contributed by atoms with E-state index in [0.717, 1.165) is 5.56 Å². The molecule has 2 rings (SSSR count). The van der Waals surface area contributed by atoms with Crippen molar-refractivity contribution in [1.82, 2.24) is 0 Å². The summed E-state index contributed by atoms with van der Waals surface area (Å²) in [6, 6.07) is 4.75. The number of halogens is 1. The lowest BCUT2D eigenvalue weighted by Crippen LogP contribution is -2.08. The number of para-hydroxylation sites is 1. The molecule has 4 heteroatoms. The van der Waals surface area contributed by atoms with Crippen LogP contribution in [-0.4, -0.2) is 12.2 Å². The molecule has 1 amide bonds. The quantitative estimate of drug-likeness (QED) is 0.747. The molecule has 0 saturated heterocycles. The van der Waals surface area contributed by atoms with Crippen molar-refractivity contribution in [1.29, 1.82) is 0 Å². The third-order valence-corrected chi connectivity index (χ3v) is 2.99. The molecule has 13 heavy (non-hydrogen) atoms. The van der Waals surface area contributed by atoms with E-state index in [1.807, 2.05) is 6.26 Å². The summed E-state index contributed by atoms with van der Waals surface area (Å²) in [5.74, 6) is -0.491. The number of anilines is 1. The maximum absolute atomic E-state index is 13.1. The number of fused-ring (bicyclic) bond motifs is 1. The zero-order chi connectivity index (χ0) is 9.42. The average Bonchev–Trinajstić information content (AvgIpc) is 2.43. The first-order chi connectivity index (χ1) is 6.24. The summed E-state index contributed by atoms with van der Waals surface area (Å²) in [5.41, 5.74) is 1.09. The summed E-state index contributed by atoms with van der Waals surface area (Å²) < 4.78 is 13.1. The second-order valence-electron chi connectivity index (χ2n) is 2.81. The van der Waals surface area contributed by atoms with Crippen LogP contribution in [0, 0.1) is 5.82 Å². The molecule has 1 aromatic rings. The molecule has 0 bridgehead atoms. The van der Waals surface area contributed by atoms with Crippen molar-refractivity contribution in [2.45, 2.75) is 5.25 Å². The lowest BCUT2D eigenvalue weighted by atomic mass is 10.1. The van der Waals surface area contributed by atoms with Gasteiger partial charge in [-0.05, 0) is 12.3 Å². The summed E-state index contributed by atoms with van der Waals surface area (Å²) in [4.78, 5) is 11.3. The zero-order valence-corrected chi connectivity index (χ0v) is 7.82. The van der Waals surface area contributed by atoms with Gasteiger partial charge in [-0.25, -0.2) is 4.39 Å². The Hall–Kier alpha value is -1.03. The minimum atomic E-state index is -0.359. The molecule has 1 unspecified atom stereocenters. The van der Waals surface area contributed by atoms with Gasteiger partial charge >= 0.3 is 0 Å². The molecular weight excluding hydrogens is 189 g/mol. The number of amides is 1. The number of nitrogens with one attached hydrogen (secondary N) is 1. The molecule has 0 spiro atoms. The van der Waals surface area contributed by atoms with Crippen molar-refractivity contribution < 1.29 is 9.18 Å². The fourth-order valence-electron chi connectivity index (χ4n) is 1.46. The Kier molecular flexibility index (Phi) is 2.00. The lowest BCUT2D eigenvalue weighted by Gasteiger charge is -2.02. The van der Waals surface area contributed by atoms with Crippen LogP contribution in [0.25, 0.3) is 0 Å². The largest absolute Gasteiger partial charge is 0.322 e. The average molecular weight is 197 g/mol. The highest BCUT2D eigenvalue weighted by Crippen LogP contribution is 2.39. The lowest BCUT2D eigenvalue weighted by molar-refractivity contribution is -0.115. The van der Waals surface area contributed by atoms with Crippen LogP contribution in [0.5, 0.6) is 0 Å². The van der Waals surface area contributed by atoms with Crippen LogP contribution in [0.15, 0.2) is 18.2 Å². The predicted molar refractivity (Wildman–Crippen MR) is 51.3 cm³/mol. The maximum atomic E-state index is 13.1. The smallest absolute Gasteiger partial charge is 0.242 e. The van der Waals surface area contributed by atoms with E-state index in [1.54, 1.807) is 12.1 Å². The van der Waals surface area contributed by atoms with Gasteiger partial charge in [-0.1, -0.05) is 12.1 Å². The number of hydrogen-bond donors (Lipinski definition) is 1. The van der Waals surface area contributed by atoms with Crippen LogP contribution in [0.4, 0.5) is 10.1 Å². The summed E-state index contributed by atoms with van der Waals surface area (Å²) in [6.07, 6.45) is 1.84. The van der Waals surface area contributed by atoms with E-state index in [2.05, 4.69) is 5.32 Å². The van der Waals surface area contributed by atoms with Gasteiger partial charge in [0.15, 0.2) is 0 Å². The highest BCUT2D eigenvalue weighted by atomic mass is 32.2. The van der Waals surface area contributed by atoms with Gasteiger partial charge in [-0.3, -0.25) is 4.79 Å². The van der Waals surface area contributed by atoms with Gasteiger partial charge in [0.25, 0.3) is 0 Å². The van der Waals surface area contributed by atoms with Crippen LogP contribution in [-0.2, 0) is 4.79 Å². The fraction of sp³-hybridized carbons (Fsp3) is 0.222. The van der Waals surface area contributed by atoms with Crippen molar-refractivity contribution in [3.63, 3.8) is 0 Å². The first-order valence-electron chi connectivity index (χ1n) is 3.86. The molecule has 1 aliphatic rings. The highest BCUT2D eigenvalue weighted by Gasteiger charge is 2.31. The van der Waals surface area contributed by atoms with E-state index in [4.69, 9.17) is 0 Å². The van der Waals surface area contributed by atoms with Gasteiger partial charge in [0.1, 0.15) is 11.1 Å². The molecule has 68 valence electrons. The Bertz CT molecular complexity index is 367. The Morgan fingerprint density at radius 3 is 3.00 bits per heavy atom. The minimum absolute atomic E-state index is 0.132. The molecule has 0 saturated carbocycles. The van der Waals surface area contributed by atoms with Crippen LogP contribution in [0.1, 0.15) is 10.8 Å². The van der Waals surface area contributed by atoms with E-state index in [1.165, 1.54) is 17.8 Å². The van der Waals surface area contributed by atoms with E-state index in [-0.39, 0.29) is 17.0 Å². The first kappa shape index (κ1) is 8.56. The third kappa shape index (κ3) is 1.21. The molecule has 2 nitrogen and oxygen atoms in total. The van der Waals surface area contributed by atoms with Gasteiger partial charge in [0.05, 0.1) is 5.69 Å². The number of benzene rings is 1. The molecule has 0 aliphatic carbocycles. The number of carbonyl (C=O) groups is 1. The van der Waals surface area contributed by atoms with E-state index < -0.39 is 0 Å². The molecule has 1 atom stereocenters. The molecule has 1 aliphatic heterocycles. The van der Waals surface area contributed by atoms with Crippen LogP contribution >= 0.6 is 11.8 Å². The second kappa shape index (κ2) is 3.03. The van der Waals surface area contributed by atoms with Gasteiger partial charge in [-0.15, -0.1) is 11.8 Å². The number of hydrogen-bond acceptors (Lipinski definition) is 2. The van der Waals surface area contributed by atoms with E-state index >= 15 is 0 Å². The van der Waals surface area contributed by atoms with Gasteiger partial charge < -0.3 is 5.32 Å². The predicted octanol–water partition coefficient (Wildman–Crippen LogP) is 2.18. The van der Waals surface area contributed by atoms with Crippen molar-refractivity contribution in [2.24, 2.45) is 0 Å². The molecule has 0 aromatic heterocycles. The number of rotatable bonds is 1. The molecular formula is C9H8FNOS. The van der Waals surface area contributed by atoms with Crippen molar-refractivity contribution >= 4 is 23.4 Å². The van der Waals surface area contributed by atoms with Crippen LogP contribution in [0.2, 0.25) is 0 Å². The topological polar surface area (TPSA) is 29.1 Å². The SMILES string of the molecule is CSC1C(=O)Nc2c(F)cccc21. The van der Waals surface area contributed by atoms with Crippen LogP contribution in [0.3, 0.4) is 0 Å². The molecule has 0 radical (unpaired) electrons. The Balaban J connectivity index is 2.54. The molecule has 0 fully saturated rings. The molecule has 1 N–H and O–H groups in total. The van der Waals surface area contributed by atoms with Gasteiger partial charge in [0, 0.05) is 5.56 Å². The van der Waals surface area contributed by atoms with E-state index in [9.17, 15) is 9.18 Å². The Labute approximate surface area is 79.5 Å². The fourth-order valence-corrected chi connectivity index (χ4v) is 2.18. The summed E-state index contributed by atoms with van der Waals surface area (Å²) in [7, 11) is 0. The minimum Gasteiger partial charge on any atom is -0.322 e. The van der Waals surface area contributed by atoms with Crippen LogP contribution < -0.4 is 5.32 Å². The zero-order valence-electron chi connectivity index (χ0n) is 7.00. The number of carbonyl (C=O) groups excluding carboxylic acids is 1. The van der Waals surface area contributed by atoms with Crippen molar-refractivity contribution in [3.8, 4) is 0 Å². The van der Waals surface area contributed by atoms with Crippen molar-refractivity contribution in [2.75, 3.05) is 11.6 Å². The molecule has 1 heterocycles. The Morgan fingerprint density at radius 1 is 1.54 bits per heavy atom. The number of thioether (sulfide) groups is 1. The van der Waals surface area contributed by atoms with Gasteiger partial charge in [-0.2, -0.15) is 0 Å². The summed E-state index contributed by atoms with van der Waals surface area (Å²) >= 11 is 1.41. The first-order valence-corrected chi connectivity index (χ1v) is 5.15. The third-order valence-electron chi connectivity index (χ3n) is 2.05. The van der Waals surface area contributed by atoms with E-state index in [0.29, 0.717) is 5.69 Å². The second-order valence-corrected chi connectivity index (χ2v) is 3.75. The normalized spacial score (nSPS) is 19.8. The monoisotopic (exact) mass is 197 g/mol. The Morgan fingerprint density at radius 2 is 2.31 bits per heavy atom.